The molecule has 0 aromatic heterocycles. The van der Waals surface area contributed by atoms with Crippen LogP contribution in [0.1, 0.15) is 34.1 Å². The van der Waals surface area contributed by atoms with Crippen molar-refractivity contribution in [1.29, 1.82) is 5.26 Å². The first-order valence-corrected chi connectivity index (χ1v) is 6.58. The molecule has 3 atom stereocenters. The van der Waals surface area contributed by atoms with Crippen LogP contribution in [0.2, 0.25) is 0 Å². The third-order valence-electron chi connectivity index (χ3n) is 3.80. The van der Waals surface area contributed by atoms with Gasteiger partial charge in [0.1, 0.15) is 5.54 Å². The van der Waals surface area contributed by atoms with Crippen LogP contribution < -0.4 is 5.73 Å². The van der Waals surface area contributed by atoms with Crippen molar-refractivity contribution in [2.45, 2.75) is 51.7 Å². The lowest BCUT2D eigenvalue weighted by Gasteiger charge is -2.43. The van der Waals surface area contributed by atoms with Crippen LogP contribution in [0.5, 0.6) is 0 Å². The van der Waals surface area contributed by atoms with E-state index in [1.54, 1.807) is 0 Å². The molecule has 0 radical (unpaired) electrons. The third-order valence-corrected chi connectivity index (χ3v) is 3.80. The summed E-state index contributed by atoms with van der Waals surface area (Å²) in [7, 11) is 0. The summed E-state index contributed by atoms with van der Waals surface area (Å²) in [6.45, 7) is 12.9. The average molecular weight is 238 g/mol. The summed E-state index contributed by atoms with van der Waals surface area (Å²) in [5.41, 5.74) is 5.21. The minimum Gasteiger partial charge on any atom is -0.314 e. The summed E-state index contributed by atoms with van der Waals surface area (Å²) >= 11 is 0. The molecule has 17 heavy (non-hydrogen) atoms. The van der Waals surface area contributed by atoms with E-state index < -0.39 is 5.54 Å². The normalized spacial score (nSPS) is 28.4. The lowest BCUT2D eigenvalue weighted by Crippen LogP contribution is -2.55. The van der Waals surface area contributed by atoms with Crippen molar-refractivity contribution in [2.24, 2.45) is 5.73 Å². The van der Waals surface area contributed by atoms with Crippen LogP contribution >= 0.6 is 0 Å². The number of nitrogens with zero attached hydrogens (tertiary/aromatic N) is 3. The lowest BCUT2D eigenvalue weighted by atomic mass is 9.95. The van der Waals surface area contributed by atoms with Gasteiger partial charge in [-0.3, -0.25) is 9.80 Å². The van der Waals surface area contributed by atoms with Crippen molar-refractivity contribution in [1.82, 2.24) is 9.80 Å². The number of hydrogen-bond donors (Lipinski definition) is 1. The molecule has 1 rings (SSSR count). The van der Waals surface area contributed by atoms with Crippen LogP contribution in [0.3, 0.4) is 0 Å². The standard InChI is InChI=1S/C13H26N4/c1-5-16-6-7-17(9-12(16)3)11(2)8-13(4,15)10-14/h11-12H,5-9,15H2,1-4H3. The molecule has 0 aromatic carbocycles. The smallest absolute Gasteiger partial charge is 0.102 e. The summed E-state index contributed by atoms with van der Waals surface area (Å²) in [6.07, 6.45) is 0.738. The van der Waals surface area contributed by atoms with Crippen LogP contribution in [0, 0.1) is 11.3 Å². The van der Waals surface area contributed by atoms with E-state index in [1.165, 1.54) is 0 Å². The van der Waals surface area contributed by atoms with E-state index in [0.717, 1.165) is 32.6 Å². The van der Waals surface area contributed by atoms with Gasteiger partial charge >= 0.3 is 0 Å². The molecule has 0 saturated carbocycles. The minimum absolute atomic E-state index is 0.381. The van der Waals surface area contributed by atoms with Crippen LogP contribution in [0.15, 0.2) is 0 Å². The monoisotopic (exact) mass is 238 g/mol. The number of likely N-dealkylation sites (N-methyl/N-ethyl adjacent to an activating group) is 1. The van der Waals surface area contributed by atoms with Gasteiger partial charge in [0.25, 0.3) is 0 Å². The van der Waals surface area contributed by atoms with E-state index in [0.29, 0.717) is 12.1 Å². The zero-order valence-electron chi connectivity index (χ0n) is 11.6. The Morgan fingerprint density at radius 2 is 2.18 bits per heavy atom. The highest BCUT2D eigenvalue weighted by Crippen LogP contribution is 2.17. The molecule has 3 unspecified atom stereocenters. The second kappa shape index (κ2) is 5.81. The molecule has 0 amide bonds. The maximum Gasteiger partial charge on any atom is 0.102 e. The molecule has 4 nitrogen and oxygen atoms in total. The highest BCUT2D eigenvalue weighted by atomic mass is 15.3. The predicted octanol–water partition coefficient (Wildman–Crippen LogP) is 1.03. The van der Waals surface area contributed by atoms with Crippen molar-refractivity contribution >= 4 is 0 Å². The Morgan fingerprint density at radius 3 is 2.65 bits per heavy atom. The van der Waals surface area contributed by atoms with Crippen molar-refractivity contribution < 1.29 is 0 Å². The van der Waals surface area contributed by atoms with Gasteiger partial charge in [0.15, 0.2) is 0 Å². The molecule has 1 aliphatic heterocycles. The molecule has 2 N–H and O–H groups in total. The van der Waals surface area contributed by atoms with Crippen LogP contribution in [-0.2, 0) is 0 Å². The Hall–Kier alpha value is -0.630. The van der Waals surface area contributed by atoms with E-state index in [-0.39, 0.29) is 0 Å². The van der Waals surface area contributed by atoms with E-state index in [2.05, 4.69) is 36.6 Å². The predicted molar refractivity (Wildman–Crippen MR) is 70.6 cm³/mol. The van der Waals surface area contributed by atoms with Crippen molar-refractivity contribution in [3.8, 4) is 6.07 Å². The fourth-order valence-corrected chi connectivity index (χ4v) is 2.68. The number of hydrogen-bond acceptors (Lipinski definition) is 4. The molecule has 4 heteroatoms. The zero-order valence-corrected chi connectivity index (χ0v) is 11.6. The molecule has 1 heterocycles. The van der Waals surface area contributed by atoms with Crippen LogP contribution in [0.25, 0.3) is 0 Å². The molecule has 1 aliphatic rings. The molecular weight excluding hydrogens is 212 g/mol. The average Bonchev–Trinajstić information content (AvgIpc) is 2.28. The van der Waals surface area contributed by atoms with Crippen LogP contribution in [-0.4, -0.2) is 53.6 Å². The number of nitrogens with two attached hydrogens (primary N) is 1. The summed E-state index contributed by atoms with van der Waals surface area (Å²) in [5, 5.41) is 8.97. The molecule has 0 aliphatic carbocycles. The fraction of sp³-hybridized carbons (Fsp3) is 0.923. The Labute approximate surface area is 105 Å². The van der Waals surface area contributed by atoms with Gasteiger partial charge in [-0.15, -0.1) is 0 Å². The first-order chi connectivity index (χ1) is 7.89. The summed E-state index contributed by atoms with van der Waals surface area (Å²) < 4.78 is 0. The third kappa shape index (κ3) is 3.95. The molecule has 1 fully saturated rings. The molecule has 0 spiro atoms. The SMILES string of the molecule is CCN1CCN(C(C)CC(C)(N)C#N)CC1C. The molecule has 0 bridgehead atoms. The highest BCUT2D eigenvalue weighted by Gasteiger charge is 2.29. The summed E-state index contributed by atoms with van der Waals surface area (Å²) in [4.78, 5) is 4.95. The van der Waals surface area contributed by atoms with Gasteiger partial charge in [-0.2, -0.15) is 5.26 Å². The maximum absolute atomic E-state index is 8.97. The maximum atomic E-state index is 8.97. The summed E-state index contributed by atoms with van der Waals surface area (Å²) in [5.74, 6) is 0. The van der Waals surface area contributed by atoms with Crippen molar-refractivity contribution in [3.63, 3.8) is 0 Å². The van der Waals surface area contributed by atoms with E-state index >= 15 is 0 Å². The number of piperazine rings is 1. The molecule has 1 saturated heterocycles. The van der Waals surface area contributed by atoms with Gasteiger partial charge in [0, 0.05) is 31.7 Å². The van der Waals surface area contributed by atoms with Gasteiger partial charge in [-0.1, -0.05) is 6.92 Å². The lowest BCUT2D eigenvalue weighted by molar-refractivity contribution is 0.0574. The van der Waals surface area contributed by atoms with E-state index in [1.807, 2.05) is 6.92 Å². The van der Waals surface area contributed by atoms with Gasteiger partial charge in [-0.05, 0) is 33.7 Å². The largest absolute Gasteiger partial charge is 0.314 e. The highest BCUT2D eigenvalue weighted by molar-refractivity contribution is 5.03. The fourth-order valence-electron chi connectivity index (χ4n) is 2.68. The van der Waals surface area contributed by atoms with Gasteiger partial charge in [0.2, 0.25) is 0 Å². The number of rotatable bonds is 4. The minimum atomic E-state index is -0.704. The van der Waals surface area contributed by atoms with Crippen molar-refractivity contribution in [3.05, 3.63) is 0 Å². The van der Waals surface area contributed by atoms with Gasteiger partial charge < -0.3 is 5.73 Å². The molecule has 0 aromatic rings. The second-order valence-corrected chi connectivity index (χ2v) is 5.55. The Bertz CT molecular complexity index is 282. The first kappa shape index (κ1) is 14.4. The van der Waals surface area contributed by atoms with Gasteiger partial charge in [-0.25, -0.2) is 0 Å². The van der Waals surface area contributed by atoms with Gasteiger partial charge in [0.05, 0.1) is 6.07 Å². The summed E-state index contributed by atoms with van der Waals surface area (Å²) in [6, 6.07) is 3.16. The zero-order chi connectivity index (χ0) is 13.1. The quantitative estimate of drug-likeness (QED) is 0.795. The number of nitriles is 1. The van der Waals surface area contributed by atoms with E-state index in [9.17, 15) is 0 Å². The molecular formula is C13H26N4. The molecule has 98 valence electrons. The Morgan fingerprint density at radius 1 is 1.53 bits per heavy atom. The Kier molecular flexibility index (Phi) is 4.93. The van der Waals surface area contributed by atoms with E-state index in [4.69, 9.17) is 11.0 Å². The van der Waals surface area contributed by atoms with Crippen LogP contribution in [0.4, 0.5) is 0 Å². The van der Waals surface area contributed by atoms with Crippen molar-refractivity contribution in [2.75, 3.05) is 26.2 Å². The second-order valence-electron chi connectivity index (χ2n) is 5.55. The topological polar surface area (TPSA) is 56.3 Å². The Balaban J connectivity index is 2.50. The first-order valence-electron chi connectivity index (χ1n) is 6.58.